The Morgan fingerprint density at radius 3 is 2.83 bits per heavy atom. The van der Waals surface area contributed by atoms with Gasteiger partial charge in [-0.15, -0.1) is 0 Å². The highest BCUT2D eigenvalue weighted by Crippen LogP contribution is 2.38. The van der Waals surface area contributed by atoms with E-state index in [1.807, 2.05) is 0 Å². The smallest absolute Gasteiger partial charge is 0.248 e. The first-order valence-electron chi connectivity index (χ1n) is 7.37. The maximum Gasteiger partial charge on any atom is 0.248 e. The second-order valence-electron chi connectivity index (χ2n) is 5.31. The van der Waals surface area contributed by atoms with E-state index in [0.717, 1.165) is 5.56 Å². The summed E-state index contributed by atoms with van der Waals surface area (Å²) in [4.78, 5) is 12.0. The van der Waals surface area contributed by atoms with Crippen molar-refractivity contribution in [3.05, 3.63) is 58.4 Å². The number of aryl methyl sites for hydroxylation is 1. The van der Waals surface area contributed by atoms with E-state index >= 15 is 0 Å². The monoisotopic (exact) mass is 347 g/mol. The molecule has 0 radical (unpaired) electrons. The summed E-state index contributed by atoms with van der Waals surface area (Å²) >= 11 is 6.15. The lowest BCUT2D eigenvalue weighted by Gasteiger charge is -2.19. The van der Waals surface area contributed by atoms with E-state index in [-0.39, 0.29) is 11.7 Å². The molecular weight excluding hydrogens is 333 g/mol. The third kappa shape index (κ3) is 3.68. The van der Waals surface area contributed by atoms with E-state index in [4.69, 9.17) is 21.1 Å². The zero-order valence-corrected chi connectivity index (χ0v) is 13.7. The van der Waals surface area contributed by atoms with Gasteiger partial charge in [-0.25, -0.2) is 4.39 Å². The third-order valence-electron chi connectivity index (χ3n) is 3.49. The summed E-state index contributed by atoms with van der Waals surface area (Å²) in [5.74, 6) is 0.414. The summed E-state index contributed by atoms with van der Waals surface area (Å²) < 4.78 is 24.0. The molecule has 0 saturated heterocycles. The van der Waals surface area contributed by atoms with Gasteiger partial charge in [-0.05, 0) is 54.5 Å². The Bertz CT molecular complexity index is 820. The highest BCUT2D eigenvalue weighted by molar-refractivity contribution is 6.32. The van der Waals surface area contributed by atoms with Crippen LogP contribution in [0, 0.1) is 12.7 Å². The van der Waals surface area contributed by atoms with Gasteiger partial charge in [0.15, 0.2) is 11.5 Å². The normalized spacial score (nSPS) is 13.1. The molecule has 2 aromatic carbocycles. The molecule has 6 heteroatoms. The summed E-state index contributed by atoms with van der Waals surface area (Å²) in [7, 11) is 0. The van der Waals surface area contributed by atoms with Gasteiger partial charge >= 0.3 is 0 Å². The SMILES string of the molecule is Cc1cc(F)ccc1NC(=O)/C=C/c1cc(Cl)c2c(c1)OCCO2. The molecule has 3 rings (SSSR count). The number of halogens is 2. The van der Waals surface area contributed by atoms with Gasteiger partial charge < -0.3 is 14.8 Å². The second-order valence-corrected chi connectivity index (χ2v) is 5.72. The standard InChI is InChI=1S/C18H15ClFNO3/c1-11-8-13(20)3-4-15(11)21-17(22)5-2-12-9-14(19)18-16(10-12)23-6-7-24-18/h2-5,8-10H,6-7H2,1H3,(H,21,22)/b5-2+. The number of anilines is 1. The van der Waals surface area contributed by atoms with Gasteiger partial charge in [0, 0.05) is 11.8 Å². The Hall–Kier alpha value is -2.53. The van der Waals surface area contributed by atoms with Crippen molar-refractivity contribution in [1.29, 1.82) is 0 Å². The Morgan fingerprint density at radius 1 is 1.25 bits per heavy atom. The third-order valence-corrected chi connectivity index (χ3v) is 3.77. The lowest BCUT2D eigenvalue weighted by atomic mass is 10.1. The molecule has 0 atom stereocenters. The maximum atomic E-state index is 13.1. The lowest BCUT2D eigenvalue weighted by Crippen LogP contribution is -2.15. The number of carbonyl (C=O) groups is 1. The quantitative estimate of drug-likeness (QED) is 0.846. The van der Waals surface area contributed by atoms with E-state index < -0.39 is 0 Å². The topological polar surface area (TPSA) is 47.6 Å². The average Bonchev–Trinajstić information content (AvgIpc) is 2.56. The molecule has 1 heterocycles. The average molecular weight is 348 g/mol. The molecule has 1 aliphatic rings. The van der Waals surface area contributed by atoms with Gasteiger partial charge in [0.1, 0.15) is 19.0 Å². The van der Waals surface area contributed by atoms with Crippen molar-refractivity contribution in [2.45, 2.75) is 6.92 Å². The molecule has 124 valence electrons. The fourth-order valence-electron chi connectivity index (χ4n) is 2.34. The molecule has 0 bridgehead atoms. The van der Waals surface area contributed by atoms with Crippen molar-refractivity contribution in [2.24, 2.45) is 0 Å². The van der Waals surface area contributed by atoms with Crippen LogP contribution >= 0.6 is 11.6 Å². The van der Waals surface area contributed by atoms with E-state index in [2.05, 4.69) is 5.32 Å². The van der Waals surface area contributed by atoms with Crippen LogP contribution in [0.3, 0.4) is 0 Å². The second kappa shape index (κ2) is 6.93. The van der Waals surface area contributed by atoms with E-state index in [9.17, 15) is 9.18 Å². The number of amides is 1. The molecule has 1 aliphatic heterocycles. The number of hydrogen-bond donors (Lipinski definition) is 1. The van der Waals surface area contributed by atoms with Crippen LogP contribution in [0.4, 0.5) is 10.1 Å². The number of fused-ring (bicyclic) bond motifs is 1. The molecule has 0 saturated carbocycles. The number of carbonyl (C=O) groups excluding carboxylic acids is 1. The van der Waals surface area contributed by atoms with E-state index in [0.29, 0.717) is 41.0 Å². The summed E-state index contributed by atoms with van der Waals surface area (Å²) in [6, 6.07) is 7.64. The van der Waals surface area contributed by atoms with Crippen LogP contribution in [0.15, 0.2) is 36.4 Å². The minimum atomic E-state index is -0.341. The largest absolute Gasteiger partial charge is 0.486 e. The summed E-state index contributed by atoms with van der Waals surface area (Å²) in [5, 5.41) is 3.14. The minimum Gasteiger partial charge on any atom is -0.486 e. The van der Waals surface area contributed by atoms with Crippen LogP contribution in [-0.4, -0.2) is 19.1 Å². The van der Waals surface area contributed by atoms with Crippen molar-refractivity contribution in [1.82, 2.24) is 0 Å². The molecule has 1 N–H and O–H groups in total. The van der Waals surface area contributed by atoms with Gasteiger partial charge in [0.25, 0.3) is 0 Å². The number of benzene rings is 2. The predicted molar refractivity (Wildman–Crippen MR) is 91.2 cm³/mol. The highest BCUT2D eigenvalue weighted by atomic mass is 35.5. The molecule has 2 aromatic rings. The van der Waals surface area contributed by atoms with E-state index in [1.54, 1.807) is 25.1 Å². The zero-order chi connectivity index (χ0) is 17.1. The molecule has 0 spiro atoms. The molecule has 24 heavy (non-hydrogen) atoms. The molecule has 4 nitrogen and oxygen atoms in total. The van der Waals surface area contributed by atoms with Crippen molar-refractivity contribution < 1.29 is 18.7 Å². The maximum absolute atomic E-state index is 13.1. The molecule has 1 amide bonds. The first-order valence-corrected chi connectivity index (χ1v) is 7.75. The summed E-state index contributed by atoms with van der Waals surface area (Å²) in [6.07, 6.45) is 3.00. The number of rotatable bonds is 3. The molecule has 0 aliphatic carbocycles. The Labute approximate surface area is 143 Å². The fraction of sp³-hybridized carbons (Fsp3) is 0.167. The van der Waals surface area contributed by atoms with Crippen molar-refractivity contribution in [3.8, 4) is 11.5 Å². The molecule has 0 fully saturated rings. The van der Waals surface area contributed by atoms with Gasteiger partial charge in [0.05, 0.1) is 5.02 Å². The Morgan fingerprint density at radius 2 is 2.04 bits per heavy atom. The fourth-order valence-corrected chi connectivity index (χ4v) is 2.61. The number of hydrogen-bond acceptors (Lipinski definition) is 3. The first-order chi connectivity index (χ1) is 11.5. The number of nitrogens with one attached hydrogen (secondary N) is 1. The predicted octanol–water partition coefficient (Wildman–Crippen LogP) is 4.21. The summed E-state index contributed by atoms with van der Waals surface area (Å²) in [5.41, 5.74) is 1.93. The lowest BCUT2D eigenvalue weighted by molar-refractivity contribution is -0.111. The van der Waals surface area contributed by atoms with Gasteiger partial charge in [-0.3, -0.25) is 4.79 Å². The Balaban J connectivity index is 1.73. The van der Waals surface area contributed by atoms with Crippen molar-refractivity contribution in [2.75, 3.05) is 18.5 Å². The van der Waals surface area contributed by atoms with Gasteiger partial charge in [-0.1, -0.05) is 11.6 Å². The molecule has 0 unspecified atom stereocenters. The zero-order valence-electron chi connectivity index (χ0n) is 12.9. The van der Waals surface area contributed by atoms with Crippen LogP contribution < -0.4 is 14.8 Å². The van der Waals surface area contributed by atoms with Crippen molar-refractivity contribution >= 4 is 29.3 Å². The summed E-state index contributed by atoms with van der Waals surface area (Å²) in [6.45, 7) is 2.64. The van der Waals surface area contributed by atoms with Crippen LogP contribution in [-0.2, 0) is 4.79 Å². The Kier molecular flexibility index (Phi) is 4.71. The van der Waals surface area contributed by atoms with Crippen LogP contribution in [0.25, 0.3) is 6.08 Å². The highest BCUT2D eigenvalue weighted by Gasteiger charge is 2.16. The van der Waals surface area contributed by atoms with Gasteiger partial charge in [0.2, 0.25) is 5.91 Å². The van der Waals surface area contributed by atoms with Gasteiger partial charge in [-0.2, -0.15) is 0 Å². The van der Waals surface area contributed by atoms with E-state index in [1.165, 1.54) is 24.3 Å². The van der Waals surface area contributed by atoms with Crippen LogP contribution in [0.2, 0.25) is 5.02 Å². The first kappa shape index (κ1) is 16.3. The minimum absolute atomic E-state index is 0.323. The molecule has 0 aromatic heterocycles. The van der Waals surface area contributed by atoms with Crippen LogP contribution in [0.5, 0.6) is 11.5 Å². The van der Waals surface area contributed by atoms with Crippen molar-refractivity contribution in [3.63, 3.8) is 0 Å². The molecular formula is C18H15ClFNO3. The number of ether oxygens (including phenoxy) is 2. The van der Waals surface area contributed by atoms with Crippen LogP contribution in [0.1, 0.15) is 11.1 Å².